The van der Waals surface area contributed by atoms with Gasteiger partial charge in [-0.25, -0.2) is 0 Å². The van der Waals surface area contributed by atoms with Crippen LogP contribution in [0.25, 0.3) is 0 Å². The lowest BCUT2D eigenvalue weighted by molar-refractivity contribution is -0.160. The zero-order valence-electron chi connectivity index (χ0n) is 20.0. The summed E-state index contributed by atoms with van der Waals surface area (Å²) in [7, 11) is 0. The molecule has 2 aliphatic rings. The van der Waals surface area contributed by atoms with E-state index in [2.05, 4.69) is 31.3 Å². The predicted octanol–water partition coefficient (Wildman–Crippen LogP) is 5.30. The Balaban J connectivity index is 1.40. The Hall–Kier alpha value is -2.38. The molecule has 0 bridgehead atoms. The Bertz CT molecular complexity index is 1020. The Labute approximate surface area is 199 Å². The average Bonchev–Trinajstić information content (AvgIpc) is 3.14. The molecule has 0 amide bonds. The first-order valence-corrected chi connectivity index (χ1v) is 12.0. The maximum absolute atomic E-state index is 12.9. The molecule has 0 aromatic heterocycles. The van der Waals surface area contributed by atoms with Crippen LogP contribution in [0.1, 0.15) is 61.1 Å². The van der Waals surface area contributed by atoms with Gasteiger partial charge in [-0.05, 0) is 59.6 Å². The highest BCUT2D eigenvalue weighted by Crippen LogP contribution is 2.39. The molecule has 3 atom stereocenters. The first-order chi connectivity index (χ1) is 16.1. The maximum Gasteiger partial charge on any atom is 0.416 e. The topological polar surface area (TPSA) is 41.6 Å². The van der Waals surface area contributed by atoms with Crippen LogP contribution in [0.4, 0.5) is 13.2 Å². The third-order valence-corrected chi connectivity index (χ3v) is 7.38. The Morgan fingerprint density at radius 2 is 1.88 bits per heavy atom. The summed E-state index contributed by atoms with van der Waals surface area (Å²) in [6, 6.07) is 11.4. The normalized spacial score (nSPS) is 24.0. The van der Waals surface area contributed by atoms with E-state index in [4.69, 9.17) is 4.74 Å². The van der Waals surface area contributed by atoms with Gasteiger partial charge in [-0.15, -0.1) is 0 Å². The van der Waals surface area contributed by atoms with Gasteiger partial charge in [0, 0.05) is 19.6 Å². The van der Waals surface area contributed by atoms with Crippen molar-refractivity contribution in [2.45, 2.75) is 64.9 Å². The van der Waals surface area contributed by atoms with E-state index in [0.717, 1.165) is 49.1 Å². The highest BCUT2D eigenvalue weighted by atomic mass is 19.4. The van der Waals surface area contributed by atoms with E-state index in [-0.39, 0.29) is 18.4 Å². The summed E-state index contributed by atoms with van der Waals surface area (Å²) in [5, 5.41) is 3.29. The van der Waals surface area contributed by atoms with Crippen molar-refractivity contribution in [1.29, 1.82) is 0 Å². The number of rotatable bonds is 6. The van der Waals surface area contributed by atoms with Crippen molar-refractivity contribution in [1.82, 2.24) is 10.2 Å². The van der Waals surface area contributed by atoms with Crippen LogP contribution >= 0.6 is 0 Å². The minimum Gasteiger partial charge on any atom is -0.446 e. The molecule has 4 nitrogen and oxygen atoms in total. The molecule has 1 aliphatic heterocycles. The molecule has 3 unspecified atom stereocenters. The fraction of sp³-hybridized carbons (Fsp3) is 0.519. The van der Waals surface area contributed by atoms with Crippen LogP contribution in [0.3, 0.4) is 0 Å². The van der Waals surface area contributed by atoms with Crippen LogP contribution in [0, 0.1) is 5.41 Å². The minimum absolute atomic E-state index is 0.175. The van der Waals surface area contributed by atoms with Crippen molar-refractivity contribution >= 4 is 5.97 Å². The van der Waals surface area contributed by atoms with Gasteiger partial charge in [0.1, 0.15) is 0 Å². The van der Waals surface area contributed by atoms with E-state index in [1.165, 1.54) is 23.3 Å². The number of benzene rings is 2. The average molecular weight is 475 g/mol. The van der Waals surface area contributed by atoms with Crippen molar-refractivity contribution in [2.75, 3.05) is 19.6 Å². The van der Waals surface area contributed by atoms with Gasteiger partial charge in [0.2, 0.25) is 0 Å². The standard InChI is InChI=1S/C27H33F3N2O2/c1-4-26(3)15-21-6-5-19(13-22(21)16-26)14-25(33)34-18(2)32-12-11-31-17-24(32)20-7-9-23(10-8-20)27(28,29)30/h5-10,13,18,24,31H,4,11-12,14-17H2,1-3H3. The highest BCUT2D eigenvalue weighted by Gasteiger charge is 2.33. The summed E-state index contributed by atoms with van der Waals surface area (Å²) in [6.07, 6.45) is -1.40. The van der Waals surface area contributed by atoms with Crippen LogP contribution in [0.2, 0.25) is 0 Å². The second kappa shape index (κ2) is 9.70. The molecule has 2 aromatic carbocycles. The number of carbonyl (C=O) groups is 1. The number of carbonyl (C=O) groups excluding carboxylic acids is 1. The van der Waals surface area contributed by atoms with E-state index in [0.29, 0.717) is 18.5 Å². The molecule has 7 heteroatoms. The van der Waals surface area contributed by atoms with E-state index >= 15 is 0 Å². The fourth-order valence-corrected chi connectivity index (χ4v) is 5.18. The number of piperazine rings is 1. The quantitative estimate of drug-likeness (QED) is 0.577. The number of alkyl halides is 3. The molecule has 0 saturated carbocycles. The van der Waals surface area contributed by atoms with Crippen molar-refractivity contribution in [3.8, 4) is 0 Å². The summed E-state index contributed by atoms with van der Waals surface area (Å²) in [4.78, 5) is 14.8. The van der Waals surface area contributed by atoms with Crippen molar-refractivity contribution in [2.24, 2.45) is 5.41 Å². The fourth-order valence-electron chi connectivity index (χ4n) is 5.18. The molecule has 34 heavy (non-hydrogen) atoms. The number of esters is 1. The molecule has 1 saturated heterocycles. The number of nitrogens with one attached hydrogen (secondary N) is 1. The molecule has 1 aliphatic carbocycles. The number of hydrogen-bond donors (Lipinski definition) is 1. The lowest BCUT2D eigenvalue weighted by atomic mass is 9.85. The summed E-state index contributed by atoms with van der Waals surface area (Å²) in [6.45, 7) is 8.29. The van der Waals surface area contributed by atoms with Crippen LogP contribution in [-0.2, 0) is 35.0 Å². The van der Waals surface area contributed by atoms with Crippen LogP contribution in [-0.4, -0.2) is 36.7 Å². The summed E-state index contributed by atoms with van der Waals surface area (Å²) in [5.74, 6) is -0.298. The SMILES string of the molecule is CCC1(C)Cc2ccc(CC(=O)OC(C)N3CCNCC3c3ccc(C(F)(F)F)cc3)cc2C1. The molecule has 1 heterocycles. The second-order valence-corrected chi connectivity index (χ2v) is 9.96. The van der Waals surface area contributed by atoms with Gasteiger partial charge in [-0.1, -0.05) is 50.6 Å². The second-order valence-electron chi connectivity index (χ2n) is 9.96. The predicted molar refractivity (Wildman–Crippen MR) is 125 cm³/mol. The zero-order valence-corrected chi connectivity index (χ0v) is 20.0. The number of halogens is 3. The van der Waals surface area contributed by atoms with E-state index in [1.54, 1.807) is 0 Å². The van der Waals surface area contributed by atoms with Crippen LogP contribution in [0.15, 0.2) is 42.5 Å². The van der Waals surface area contributed by atoms with Gasteiger partial charge < -0.3 is 10.1 Å². The summed E-state index contributed by atoms with van der Waals surface area (Å²) in [5.41, 5.74) is 4.05. The number of ether oxygens (including phenoxy) is 1. The van der Waals surface area contributed by atoms with Crippen LogP contribution in [0.5, 0.6) is 0 Å². The third kappa shape index (κ3) is 5.47. The number of hydrogen-bond acceptors (Lipinski definition) is 4. The smallest absolute Gasteiger partial charge is 0.416 e. The third-order valence-electron chi connectivity index (χ3n) is 7.38. The molecule has 4 rings (SSSR count). The zero-order chi connectivity index (χ0) is 24.5. The molecule has 0 spiro atoms. The van der Waals surface area contributed by atoms with E-state index in [1.807, 2.05) is 17.9 Å². The molecule has 1 N–H and O–H groups in total. The monoisotopic (exact) mass is 474 g/mol. The largest absolute Gasteiger partial charge is 0.446 e. The minimum atomic E-state index is -4.36. The first-order valence-electron chi connectivity index (χ1n) is 12.0. The lowest BCUT2D eigenvalue weighted by Gasteiger charge is -2.39. The highest BCUT2D eigenvalue weighted by molar-refractivity contribution is 5.73. The van der Waals surface area contributed by atoms with Crippen molar-refractivity contribution < 1.29 is 22.7 Å². The summed E-state index contributed by atoms with van der Waals surface area (Å²) >= 11 is 0. The Morgan fingerprint density at radius 1 is 1.18 bits per heavy atom. The first kappa shape index (κ1) is 24.7. The van der Waals surface area contributed by atoms with Crippen molar-refractivity contribution in [3.63, 3.8) is 0 Å². The molecule has 1 fully saturated rings. The molecular formula is C27H33F3N2O2. The number of fused-ring (bicyclic) bond motifs is 1. The molecular weight excluding hydrogens is 441 g/mol. The summed E-state index contributed by atoms with van der Waals surface area (Å²) < 4.78 is 44.6. The van der Waals surface area contributed by atoms with Gasteiger partial charge >= 0.3 is 12.1 Å². The maximum atomic E-state index is 12.9. The van der Waals surface area contributed by atoms with Gasteiger partial charge in [-0.2, -0.15) is 13.2 Å². The molecule has 2 aromatic rings. The van der Waals surface area contributed by atoms with E-state index < -0.39 is 18.0 Å². The lowest BCUT2D eigenvalue weighted by Crippen LogP contribution is -2.50. The van der Waals surface area contributed by atoms with Gasteiger partial charge in [0.25, 0.3) is 0 Å². The molecule has 0 radical (unpaired) electrons. The van der Waals surface area contributed by atoms with Gasteiger partial charge in [-0.3, -0.25) is 9.69 Å². The Morgan fingerprint density at radius 3 is 2.56 bits per heavy atom. The Kier molecular flexibility index (Phi) is 7.06. The molecule has 184 valence electrons. The van der Waals surface area contributed by atoms with Gasteiger partial charge in [0.15, 0.2) is 6.23 Å². The van der Waals surface area contributed by atoms with Crippen molar-refractivity contribution in [3.05, 3.63) is 70.3 Å². The van der Waals surface area contributed by atoms with E-state index in [9.17, 15) is 18.0 Å². The van der Waals surface area contributed by atoms with Crippen LogP contribution < -0.4 is 5.32 Å². The van der Waals surface area contributed by atoms with Gasteiger partial charge in [0.05, 0.1) is 18.0 Å². The number of nitrogens with zero attached hydrogens (tertiary/aromatic N) is 1.